The SMILES string of the molecule is Cc1nn(C)c(CC2(O)CC(C)CC(C)(C)C2)c1Cl. The third-order valence-electron chi connectivity index (χ3n) is 4.20. The van der Waals surface area contributed by atoms with Crippen molar-refractivity contribution in [3.63, 3.8) is 0 Å². The fourth-order valence-corrected chi connectivity index (χ4v) is 4.24. The maximum absolute atomic E-state index is 11.0. The molecule has 1 aromatic heterocycles. The van der Waals surface area contributed by atoms with Gasteiger partial charge < -0.3 is 5.11 Å². The van der Waals surface area contributed by atoms with E-state index in [0.29, 0.717) is 17.4 Å². The Balaban J connectivity index is 2.26. The molecule has 0 aromatic carbocycles. The van der Waals surface area contributed by atoms with Crippen molar-refractivity contribution in [2.75, 3.05) is 0 Å². The Labute approximate surface area is 121 Å². The molecule has 4 heteroatoms. The molecule has 19 heavy (non-hydrogen) atoms. The largest absolute Gasteiger partial charge is 0.389 e. The summed E-state index contributed by atoms with van der Waals surface area (Å²) in [7, 11) is 1.90. The van der Waals surface area contributed by atoms with Gasteiger partial charge in [0, 0.05) is 13.5 Å². The number of hydrogen-bond acceptors (Lipinski definition) is 2. The zero-order valence-corrected chi connectivity index (χ0v) is 13.4. The molecule has 2 unspecified atom stereocenters. The molecule has 0 amide bonds. The van der Waals surface area contributed by atoms with E-state index in [1.165, 1.54) is 6.42 Å². The van der Waals surface area contributed by atoms with Crippen LogP contribution in [0.4, 0.5) is 0 Å². The lowest BCUT2D eigenvalue weighted by atomic mass is 9.64. The smallest absolute Gasteiger partial charge is 0.0848 e. The van der Waals surface area contributed by atoms with Gasteiger partial charge in [-0.2, -0.15) is 5.10 Å². The van der Waals surface area contributed by atoms with Crippen molar-refractivity contribution in [2.45, 2.75) is 59.0 Å². The van der Waals surface area contributed by atoms with Crippen molar-refractivity contribution in [1.82, 2.24) is 9.78 Å². The highest BCUT2D eigenvalue weighted by Gasteiger charge is 2.42. The molecular weight excluding hydrogens is 260 g/mol. The lowest BCUT2D eigenvalue weighted by molar-refractivity contribution is -0.0585. The molecule has 2 rings (SSSR count). The average molecular weight is 285 g/mol. The number of nitrogens with zero attached hydrogens (tertiary/aromatic N) is 2. The van der Waals surface area contributed by atoms with Crippen LogP contribution in [0.1, 0.15) is 51.4 Å². The molecule has 2 atom stereocenters. The average Bonchev–Trinajstić information content (AvgIpc) is 2.41. The number of halogens is 1. The van der Waals surface area contributed by atoms with Crippen LogP contribution >= 0.6 is 11.6 Å². The Kier molecular flexibility index (Phi) is 3.74. The van der Waals surface area contributed by atoms with E-state index in [1.807, 2.05) is 18.7 Å². The zero-order valence-electron chi connectivity index (χ0n) is 12.6. The van der Waals surface area contributed by atoms with Crippen molar-refractivity contribution >= 4 is 11.6 Å². The molecule has 1 N–H and O–H groups in total. The minimum Gasteiger partial charge on any atom is -0.389 e. The van der Waals surface area contributed by atoms with E-state index < -0.39 is 5.60 Å². The minimum absolute atomic E-state index is 0.187. The van der Waals surface area contributed by atoms with Gasteiger partial charge in [-0.3, -0.25) is 4.68 Å². The van der Waals surface area contributed by atoms with Crippen LogP contribution in [0.3, 0.4) is 0 Å². The molecule has 108 valence electrons. The van der Waals surface area contributed by atoms with Gasteiger partial charge in [-0.25, -0.2) is 0 Å². The van der Waals surface area contributed by atoms with Crippen LogP contribution in [0.5, 0.6) is 0 Å². The normalized spacial score (nSPS) is 30.6. The van der Waals surface area contributed by atoms with E-state index in [2.05, 4.69) is 25.9 Å². The predicted molar refractivity (Wildman–Crippen MR) is 78.4 cm³/mol. The Morgan fingerprint density at radius 1 is 1.42 bits per heavy atom. The van der Waals surface area contributed by atoms with E-state index in [4.69, 9.17) is 11.6 Å². The minimum atomic E-state index is -0.662. The van der Waals surface area contributed by atoms with Crippen LogP contribution in [0, 0.1) is 18.3 Å². The van der Waals surface area contributed by atoms with Crippen LogP contribution in [0.15, 0.2) is 0 Å². The molecule has 1 aliphatic carbocycles. The fraction of sp³-hybridized carbons (Fsp3) is 0.800. The summed E-state index contributed by atoms with van der Waals surface area (Å²) in [6.45, 7) is 8.61. The maximum atomic E-state index is 11.0. The van der Waals surface area contributed by atoms with Crippen molar-refractivity contribution < 1.29 is 5.11 Å². The van der Waals surface area contributed by atoms with Gasteiger partial charge in [-0.1, -0.05) is 32.4 Å². The first kappa shape index (κ1) is 14.9. The first-order valence-corrected chi connectivity index (χ1v) is 7.40. The van der Waals surface area contributed by atoms with Crippen LogP contribution in [-0.2, 0) is 13.5 Å². The van der Waals surface area contributed by atoms with Crippen LogP contribution < -0.4 is 0 Å². The molecule has 1 fully saturated rings. The second-order valence-corrected chi connectivity index (χ2v) is 7.60. The van der Waals surface area contributed by atoms with Gasteiger partial charge in [0.05, 0.1) is 22.0 Å². The summed E-state index contributed by atoms with van der Waals surface area (Å²) >= 11 is 6.31. The Morgan fingerprint density at radius 2 is 2.05 bits per heavy atom. The van der Waals surface area contributed by atoms with Gasteiger partial charge in [0.1, 0.15) is 0 Å². The molecule has 3 nitrogen and oxygen atoms in total. The first-order chi connectivity index (χ1) is 8.62. The lowest BCUT2D eigenvalue weighted by Gasteiger charge is -2.44. The van der Waals surface area contributed by atoms with E-state index in [0.717, 1.165) is 24.2 Å². The van der Waals surface area contributed by atoms with Crippen molar-refractivity contribution in [2.24, 2.45) is 18.4 Å². The van der Waals surface area contributed by atoms with Crippen molar-refractivity contribution in [1.29, 1.82) is 0 Å². The first-order valence-electron chi connectivity index (χ1n) is 7.02. The highest BCUT2D eigenvalue weighted by atomic mass is 35.5. The molecule has 0 saturated heterocycles. The molecule has 0 spiro atoms. The summed E-state index contributed by atoms with van der Waals surface area (Å²) < 4.78 is 1.81. The van der Waals surface area contributed by atoms with Crippen molar-refractivity contribution in [3.8, 4) is 0 Å². The third-order valence-corrected chi connectivity index (χ3v) is 4.69. The second kappa shape index (κ2) is 4.78. The summed E-state index contributed by atoms with van der Waals surface area (Å²) in [5.74, 6) is 0.543. The lowest BCUT2D eigenvalue weighted by Crippen LogP contribution is -2.44. The van der Waals surface area contributed by atoms with E-state index in [9.17, 15) is 5.11 Å². The third kappa shape index (κ3) is 3.14. The van der Waals surface area contributed by atoms with Crippen LogP contribution in [-0.4, -0.2) is 20.5 Å². The standard InChI is InChI=1S/C15H25ClN2O/c1-10-6-14(3,4)9-15(19,7-10)8-12-13(16)11(2)17-18(12)5/h10,19H,6-9H2,1-5H3. The fourth-order valence-electron chi connectivity index (χ4n) is 4.02. The Bertz CT molecular complexity index is 481. The summed E-state index contributed by atoms with van der Waals surface area (Å²) in [6, 6.07) is 0. The summed E-state index contributed by atoms with van der Waals surface area (Å²) in [5.41, 5.74) is 1.31. The predicted octanol–water partition coefficient (Wildman–Crippen LogP) is 3.50. The Hall–Kier alpha value is -0.540. The maximum Gasteiger partial charge on any atom is 0.0848 e. The van der Waals surface area contributed by atoms with Gasteiger partial charge in [-0.05, 0) is 37.5 Å². The molecule has 1 aromatic rings. The topological polar surface area (TPSA) is 38.0 Å². The summed E-state index contributed by atoms with van der Waals surface area (Å²) in [4.78, 5) is 0. The summed E-state index contributed by atoms with van der Waals surface area (Å²) in [5, 5.41) is 16.0. The number of aryl methyl sites for hydroxylation is 2. The molecule has 1 saturated carbocycles. The molecule has 1 aliphatic rings. The molecule has 0 aliphatic heterocycles. The molecule has 0 bridgehead atoms. The van der Waals surface area contributed by atoms with Crippen molar-refractivity contribution in [3.05, 3.63) is 16.4 Å². The number of aromatic nitrogens is 2. The van der Waals surface area contributed by atoms with E-state index in [1.54, 1.807) is 0 Å². The van der Waals surface area contributed by atoms with Gasteiger partial charge in [-0.15, -0.1) is 0 Å². The van der Waals surface area contributed by atoms with Gasteiger partial charge in [0.15, 0.2) is 0 Å². The van der Waals surface area contributed by atoms with E-state index in [-0.39, 0.29) is 5.41 Å². The van der Waals surface area contributed by atoms with Crippen LogP contribution in [0.25, 0.3) is 0 Å². The van der Waals surface area contributed by atoms with Gasteiger partial charge >= 0.3 is 0 Å². The van der Waals surface area contributed by atoms with Gasteiger partial charge in [0.2, 0.25) is 0 Å². The Morgan fingerprint density at radius 3 is 2.53 bits per heavy atom. The van der Waals surface area contributed by atoms with Gasteiger partial charge in [0.25, 0.3) is 0 Å². The quantitative estimate of drug-likeness (QED) is 0.903. The second-order valence-electron chi connectivity index (χ2n) is 7.23. The molecular formula is C15H25ClN2O. The molecule has 1 heterocycles. The molecule has 0 radical (unpaired) electrons. The monoisotopic (exact) mass is 284 g/mol. The zero-order chi connectivity index (χ0) is 14.4. The number of aliphatic hydroxyl groups is 1. The number of hydrogen-bond donors (Lipinski definition) is 1. The van der Waals surface area contributed by atoms with E-state index >= 15 is 0 Å². The number of rotatable bonds is 2. The highest BCUT2D eigenvalue weighted by Crippen LogP contribution is 2.45. The highest BCUT2D eigenvalue weighted by molar-refractivity contribution is 6.31. The van der Waals surface area contributed by atoms with Crippen LogP contribution in [0.2, 0.25) is 5.02 Å². The summed E-state index contributed by atoms with van der Waals surface area (Å²) in [6.07, 6.45) is 3.44.